The first-order valence-corrected chi connectivity index (χ1v) is 22.1. The molecule has 8 heteroatoms. The van der Waals surface area contributed by atoms with Gasteiger partial charge in [0.05, 0.1) is 0 Å². The van der Waals surface area contributed by atoms with Crippen LogP contribution in [0.1, 0.15) is 150 Å². The van der Waals surface area contributed by atoms with E-state index in [1.165, 1.54) is 22.3 Å². The molecule has 0 unspecified atom stereocenters. The summed E-state index contributed by atoms with van der Waals surface area (Å²) in [5.74, 6) is 3.44. The van der Waals surface area contributed by atoms with Gasteiger partial charge in [0.2, 0.25) is 0 Å². The van der Waals surface area contributed by atoms with Gasteiger partial charge in [-0.3, -0.25) is 0 Å². The van der Waals surface area contributed by atoms with Crippen LogP contribution in [-0.2, 0) is 47.3 Å². The lowest BCUT2D eigenvalue weighted by Crippen LogP contribution is -2.20. The molecule has 0 spiro atoms. The number of hydrogen-bond donors (Lipinski definition) is 4. The molecule has 0 atom stereocenters. The van der Waals surface area contributed by atoms with Crippen molar-refractivity contribution in [2.75, 3.05) is 52.6 Å². The highest BCUT2D eigenvalue weighted by atomic mass is 16.5. The summed E-state index contributed by atoms with van der Waals surface area (Å²) in [5, 5.41) is 0. The van der Waals surface area contributed by atoms with Crippen LogP contribution in [0, 0.1) is 0 Å². The molecule has 8 nitrogen and oxygen atoms in total. The summed E-state index contributed by atoms with van der Waals surface area (Å²) in [7, 11) is 0. The van der Waals surface area contributed by atoms with Gasteiger partial charge in [-0.25, -0.2) is 0 Å². The maximum atomic E-state index is 6.77. The van der Waals surface area contributed by atoms with E-state index in [1.807, 2.05) is 0 Å². The second-order valence-electron chi connectivity index (χ2n) is 20.8. The molecule has 0 aromatic heterocycles. The highest BCUT2D eigenvalue weighted by molar-refractivity contribution is 5.60. The van der Waals surface area contributed by atoms with E-state index in [0.29, 0.717) is 78.3 Å². The fourth-order valence-electron chi connectivity index (χ4n) is 8.01. The van der Waals surface area contributed by atoms with Crippen LogP contribution in [0.15, 0.2) is 48.5 Å². The molecule has 1 aliphatic carbocycles. The molecule has 1 aliphatic rings. The third-order valence-electron chi connectivity index (χ3n) is 11.4. The first kappa shape index (κ1) is 47.0. The van der Waals surface area contributed by atoms with Gasteiger partial charge in [-0.1, -0.05) is 132 Å². The molecule has 0 saturated heterocycles. The maximum Gasteiger partial charge on any atom is 0.126 e. The van der Waals surface area contributed by atoms with E-state index >= 15 is 0 Å². The summed E-state index contributed by atoms with van der Waals surface area (Å²) < 4.78 is 27.1. The van der Waals surface area contributed by atoms with E-state index in [1.54, 1.807) is 0 Å². The number of nitrogens with two attached hydrogens (primary N) is 4. The highest BCUT2D eigenvalue weighted by Crippen LogP contribution is 2.44. The monoisotopic (exact) mass is 821 g/mol. The second-order valence-corrected chi connectivity index (χ2v) is 20.8. The number of benzene rings is 4. The van der Waals surface area contributed by atoms with Gasteiger partial charge >= 0.3 is 0 Å². The predicted molar refractivity (Wildman–Crippen MR) is 250 cm³/mol. The van der Waals surface area contributed by atoms with E-state index in [2.05, 4.69) is 132 Å². The molecular weight excluding hydrogens is 745 g/mol. The first-order valence-electron chi connectivity index (χ1n) is 22.1. The van der Waals surface area contributed by atoms with Crippen LogP contribution in [0.3, 0.4) is 0 Å². The van der Waals surface area contributed by atoms with Crippen LogP contribution in [-0.4, -0.2) is 52.6 Å². The van der Waals surface area contributed by atoms with Gasteiger partial charge in [0, 0.05) is 51.9 Å². The largest absolute Gasteiger partial charge is 0.492 e. The highest BCUT2D eigenvalue weighted by Gasteiger charge is 2.29. The van der Waals surface area contributed by atoms with E-state index in [4.69, 9.17) is 41.9 Å². The minimum absolute atomic E-state index is 0.140. The summed E-state index contributed by atoms with van der Waals surface area (Å²) in [4.78, 5) is 0. The Labute approximate surface area is 362 Å². The molecule has 60 heavy (non-hydrogen) atoms. The summed E-state index contributed by atoms with van der Waals surface area (Å²) in [5.41, 5.74) is 37.8. The molecule has 0 fully saturated rings. The van der Waals surface area contributed by atoms with Gasteiger partial charge in [0.25, 0.3) is 0 Å². The zero-order chi connectivity index (χ0) is 44.2. The molecule has 5 rings (SSSR count). The van der Waals surface area contributed by atoms with Crippen LogP contribution in [0.2, 0.25) is 0 Å². The third kappa shape index (κ3) is 11.2. The van der Waals surface area contributed by atoms with Crippen molar-refractivity contribution in [3.8, 4) is 23.0 Å². The quantitative estimate of drug-likeness (QED) is 0.0979. The predicted octanol–water partition coefficient (Wildman–Crippen LogP) is 8.90. The third-order valence-corrected chi connectivity index (χ3v) is 11.4. The molecule has 4 aromatic carbocycles. The van der Waals surface area contributed by atoms with Crippen molar-refractivity contribution in [2.24, 2.45) is 22.9 Å². The number of rotatable bonds is 12. The Morgan fingerprint density at radius 1 is 0.317 bits per heavy atom. The lowest BCUT2D eigenvalue weighted by Gasteiger charge is -2.29. The topological polar surface area (TPSA) is 141 Å². The van der Waals surface area contributed by atoms with E-state index in [-0.39, 0.29) is 21.7 Å². The molecule has 8 N–H and O–H groups in total. The van der Waals surface area contributed by atoms with E-state index < -0.39 is 0 Å². The zero-order valence-corrected chi connectivity index (χ0v) is 39.0. The van der Waals surface area contributed by atoms with Crippen molar-refractivity contribution >= 4 is 0 Å². The molecule has 0 amide bonds. The van der Waals surface area contributed by atoms with Crippen LogP contribution in [0.5, 0.6) is 23.0 Å². The van der Waals surface area contributed by atoms with E-state index in [0.717, 1.165) is 67.5 Å². The van der Waals surface area contributed by atoms with Gasteiger partial charge in [0.1, 0.15) is 49.4 Å². The van der Waals surface area contributed by atoms with Crippen LogP contribution in [0.25, 0.3) is 0 Å². The van der Waals surface area contributed by atoms with Crippen molar-refractivity contribution in [3.63, 3.8) is 0 Å². The Bertz CT molecular complexity index is 1720. The Kier molecular flexibility index (Phi) is 14.8. The van der Waals surface area contributed by atoms with Crippen LogP contribution < -0.4 is 41.9 Å². The molecule has 4 aromatic rings. The molecule has 0 aliphatic heterocycles. The van der Waals surface area contributed by atoms with Crippen molar-refractivity contribution in [1.82, 2.24) is 0 Å². The van der Waals surface area contributed by atoms with Crippen LogP contribution >= 0.6 is 0 Å². The maximum absolute atomic E-state index is 6.77. The number of hydrogen-bond acceptors (Lipinski definition) is 8. The average molecular weight is 821 g/mol. The lowest BCUT2D eigenvalue weighted by atomic mass is 9.79. The van der Waals surface area contributed by atoms with Gasteiger partial charge < -0.3 is 41.9 Å². The lowest BCUT2D eigenvalue weighted by molar-refractivity contribution is 0.314. The van der Waals surface area contributed by atoms with Crippen molar-refractivity contribution in [2.45, 2.75) is 130 Å². The zero-order valence-electron chi connectivity index (χ0n) is 39.0. The minimum atomic E-state index is -0.140. The fraction of sp³-hybridized carbons (Fsp3) is 0.538. The standard InChI is InChI=1S/C52H76N4O4/c1-49(2,3)41-25-33-21-35-27-42(50(4,5)6)29-37(46(35)58-18-14-54)23-39-31-44(52(10,11)12)32-40(48(39)60-20-16-56)24-38-30-43(51(7,8)9)28-36(47(38)59-19-15-55)22-34(26-41)45(33)57-17-13-53/h25-32H,13-24,53-56H2,1-12H3. The van der Waals surface area contributed by atoms with Crippen LogP contribution in [0.4, 0.5) is 0 Å². The smallest absolute Gasteiger partial charge is 0.126 e. The van der Waals surface area contributed by atoms with Gasteiger partial charge in [-0.2, -0.15) is 0 Å². The van der Waals surface area contributed by atoms with Crippen molar-refractivity contribution in [3.05, 3.63) is 115 Å². The van der Waals surface area contributed by atoms with Gasteiger partial charge in [-0.05, 0) is 88.4 Å². The van der Waals surface area contributed by atoms with Gasteiger partial charge in [0.15, 0.2) is 0 Å². The van der Waals surface area contributed by atoms with Crippen molar-refractivity contribution < 1.29 is 18.9 Å². The normalized spacial score (nSPS) is 13.6. The Morgan fingerprint density at radius 2 is 0.467 bits per heavy atom. The SMILES string of the molecule is CC(C)(C)c1cc2c(OCCN)c(c1)Cc1cc(C(C)(C)C)cc(c1OCCN)Cc1cc(C(C)(C)C)cc(c1OCCN)Cc1cc(C(C)(C)C)cc(c1OCCN)C2. The molecule has 328 valence electrons. The molecule has 0 heterocycles. The molecular formula is C52H76N4O4. The fourth-order valence-corrected chi connectivity index (χ4v) is 8.01. The van der Waals surface area contributed by atoms with Gasteiger partial charge in [-0.15, -0.1) is 0 Å². The summed E-state index contributed by atoms with van der Waals surface area (Å²) in [6.45, 7) is 30.4. The second kappa shape index (κ2) is 18.9. The molecule has 0 radical (unpaired) electrons. The Balaban J connectivity index is 2.02. The Hall–Kier alpha value is -4.08. The average Bonchev–Trinajstić information content (AvgIpc) is 3.14. The first-order chi connectivity index (χ1) is 28.1. The van der Waals surface area contributed by atoms with E-state index in [9.17, 15) is 0 Å². The summed E-state index contributed by atoms with van der Waals surface area (Å²) in [6.07, 6.45) is 2.34. The minimum Gasteiger partial charge on any atom is -0.492 e. The number of fused-ring (bicyclic) bond motifs is 8. The number of ether oxygens (including phenoxy) is 4. The molecule has 0 saturated carbocycles. The Morgan fingerprint density at radius 3 is 0.583 bits per heavy atom. The van der Waals surface area contributed by atoms with Crippen molar-refractivity contribution in [1.29, 1.82) is 0 Å². The molecule has 8 bridgehead atoms. The summed E-state index contributed by atoms with van der Waals surface area (Å²) >= 11 is 0. The summed E-state index contributed by atoms with van der Waals surface area (Å²) in [6, 6.07) is 18.6.